The summed E-state index contributed by atoms with van der Waals surface area (Å²) in [5.41, 5.74) is 0. The Labute approximate surface area is 73.8 Å². The lowest BCUT2D eigenvalue weighted by Gasteiger charge is -2.19. The van der Waals surface area contributed by atoms with Crippen molar-refractivity contribution in [2.45, 2.75) is 24.4 Å². The maximum Gasteiger partial charge on any atom is 0.155 e. The molecule has 7 nitrogen and oxygen atoms in total. The number of aliphatic hydroxyl groups excluding tert-OH is 3. The Morgan fingerprint density at radius 1 is 1.62 bits per heavy atom. The SMILES string of the molecule is O=NOCC(O)C1OCC(O)C1O. The molecule has 0 aromatic heterocycles. The molecule has 1 aliphatic rings. The van der Waals surface area contributed by atoms with E-state index < -0.39 is 24.4 Å². The van der Waals surface area contributed by atoms with Gasteiger partial charge in [0.15, 0.2) is 5.34 Å². The second-order valence-corrected chi connectivity index (χ2v) is 2.79. The summed E-state index contributed by atoms with van der Waals surface area (Å²) >= 11 is 0. The minimum atomic E-state index is -1.18. The van der Waals surface area contributed by atoms with Crippen LogP contribution in [-0.2, 0) is 9.57 Å². The van der Waals surface area contributed by atoms with Gasteiger partial charge in [-0.3, -0.25) is 0 Å². The zero-order valence-corrected chi connectivity index (χ0v) is 6.74. The number of aliphatic hydroxyl groups is 3. The van der Waals surface area contributed by atoms with Gasteiger partial charge in [0.25, 0.3) is 0 Å². The van der Waals surface area contributed by atoms with Crippen molar-refractivity contribution in [3.63, 3.8) is 0 Å². The fourth-order valence-electron chi connectivity index (χ4n) is 1.17. The van der Waals surface area contributed by atoms with Crippen LogP contribution in [0.15, 0.2) is 5.34 Å². The van der Waals surface area contributed by atoms with Crippen molar-refractivity contribution in [2.75, 3.05) is 13.2 Å². The highest BCUT2D eigenvalue weighted by Gasteiger charge is 2.39. The summed E-state index contributed by atoms with van der Waals surface area (Å²) in [7, 11) is 0. The summed E-state index contributed by atoms with van der Waals surface area (Å²) in [5.74, 6) is 0. The van der Waals surface area contributed by atoms with E-state index in [9.17, 15) is 15.1 Å². The molecule has 13 heavy (non-hydrogen) atoms. The van der Waals surface area contributed by atoms with E-state index in [4.69, 9.17) is 9.84 Å². The Balaban J connectivity index is 2.38. The van der Waals surface area contributed by atoms with E-state index in [1.54, 1.807) is 0 Å². The number of nitrogens with zero attached hydrogens (tertiary/aromatic N) is 1. The summed E-state index contributed by atoms with van der Waals surface area (Å²) in [6, 6.07) is 0. The van der Waals surface area contributed by atoms with E-state index >= 15 is 0 Å². The van der Waals surface area contributed by atoms with E-state index in [1.165, 1.54) is 0 Å². The van der Waals surface area contributed by atoms with Crippen molar-refractivity contribution >= 4 is 0 Å². The first-order chi connectivity index (χ1) is 6.16. The maximum absolute atomic E-state index is 9.53. The van der Waals surface area contributed by atoms with Gasteiger partial charge in [0.1, 0.15) is 31.0 Å². The van der Waals surface area contributed by atoms with Crippen LogP contribution < -0.4 is 0 Å². The monoisotopic (exact) mass is 193 g/mol. The van der Waals surface area contributed by atoms with Crippen molar-refractivity contribution < 1.29 is 24.9 Å². The highest BCUT2D eigenvalue weighted by atomic mass is 16.7. The highest BCUT2D eigenvalue weighted by molar-refractivity contribution is 4.87. The van der Waals surface area contributed by atoms with Crippen LogP contribution in [0.4, 0.5) is 0 Å². The van der Waals surface area contributed by atoms with E-state index in [-0.39, 0.29) is 13.2 Å². The van der Waals surface area contributed by atoms with Gasteiger partial charge >= 0.3 is 0 Å². The lowest BCUT2D eigenvalue weighted by atomic mass is 10.1. The molecule has 0 amide bonds. The molecule has 4 atom stereocenters. The van der Waals surface area contributed by atoms with Crippen molar-refractivity contribution in [1.29, 1.82) is 0 Å². The van der Waals surface area contributed by atoms with Crippen LogP contribution in [0.5, 0.6) is 0 Å². The summed E-state index contributed by atoms with van der Waals surface area (Å²) in [6.45, 7) is -0.407. The fraction of sp³-hybridized carbons (Fsp3) is 1.00. The van der Waals surface area contributed by atoms with Crippen molar-refractivity contribution in [3.8, 4) is 0 Å². The Morgan fingerprint density at radius 3 is 2.77 bits per heavy atom. The van der Waals surface area contributed by atoms with E-state index in [0.717, 1.165) is 0 Å². The van der Waals surface area contributed by atoms with Gasteiger partial charge in [0.05, 0.1) is 6.61 Å². The standard InChI is InChI=1S/C6H11NO6/c8-3-1-12-6(5(3)10)4(9)2-13-7-11/h3-6,8-10H,1-2H2. The normalized spacial score (nSPS) is 35.8. The van der Waals surface area contributed by atoms with Gasteiger partial charge < -0.3 is 24.9 Å². The van der Waals surface area contributed by atoms with Crippen LogP contribution in [0.3, 0.4) is 0 Å². The van der Waals surface area contributed by atoms with Crippen molar-refractivity contribution in [3.05, 3.63) is 4.91 Å². The molecule has 7 heteroatoms. The molecule has 0 radical (unpaired) electrons. The predicted octanol–water partition coefficient (Wildman–Crippen LogP) is -1.83. The second-order valence-electron chi connectivity index (χ2n) is 2.79. The van der Waals surface area contributed by atoms with Gasteiger partial charge in [-0.1, -0.05) is 0 Å². The van der Waals surface area contributed by atoms with Gasteiger partial charge in [-0.2, -0.15) is 0 Å². The Morgan fingerprint density at radius 2 is 2.31 bits per heavy atom. The highest BCUT2D eigenvalue weighted by Crippen LogP contribution is 2.17. The third-order valence-corrected chi connectivity index (χ3v) is 1.87. The summed E-state index contributed by atoms with van der Waals surface area (Å²) in [4.78, 5) is 13.6. The minimum Gasteiger partial charge on any atom is -0.388 e. The molecule has 1 heterocycles. The lowest BCUT2D eigenvalue weighted by Crippen LogP contribution is -2.40. The van der Waals surface area contributed by atoms with Crippen molar-refractivity contribution in [2.24, 2.45) is 5.34 Å². The summed E-state index contributed by atoms with van der Waals surface area (Å²) in [5, 5.41) is 29.6. The average molecular weight is 193 g/mol. The van der Waals surface area contributed by atoms with Crippen molar-refractivity contribution in [1.82, 2.24) is 0 Å². The average Bonchev–Trinajstić information content (AvgIpc) is 2.44. The topological polar surface area (TPSA) is 109 Å². The molecule has 0 aromatic carbocycles. The predicted molar refractivity (Wildman–Crippen MR) is 39.5 cm³/mol. The molecule has 1 rings (SSSR count). The fourth-order valence-corrected chi connectivity index (χ4v) is 1.17. The number of hydrogen-bond donors (Lipinski definition) is 3. The van der Waals surface area contributed by atoms with E-state index in [0.29, 0.717) is 0 Å². The Hall–Kier alpha value is -0.760. The number of ether oxygens (including phenoxy) is 1. The van der Waals surface area contributed by atoms with Gasteiger partial charge in [0, 0.05) is 0 Å². The molecule has 0 aliphatic carbocycles. The van der Waals surface area contributed by atoms with Gasteiger partial charge in [-0.05, 0) is 0 Å². The Bertz CT molecular complexity index is 177. The molecule has 0 bridgehead atoms. The quantitative estimate of drug-likeness (QED) is 0.358. The first kappa shape index (κ1) is 10.3. The molecule has 1 saturated heterocycles. The van der Waals surface area contributed by atoms with Crippen LogP contribution >= 0.6 is 0 Å². The van der Waals surface area contributed by atoms with Crippen LogP contribution in [0, 0.1) is 4.91 Å². The first-order valence-electron chi connectivity index (χ1n) is 3.77. The number of rotatable bonds is 4. The zero-order valence-electron chi connectivity index (χ0n) is 6.74. The summed E-state index contributed by atoms with van der Waals surface area (Å²) < 4.78 is 4.86. The molecular weight excluding hydrogens is 182 g/mol. The second kappa shape index (κ2) is 4.47. The van der Waals surface area contributed by atoms with E-state index in [1.807, 2.05) is 0 Å². The molecule has 1 fully saturated rings. The van der Waals surface area contributed by atoms with E-state index in [2.05, 4.69) is 10.2 Å². The first-order valence-corrected chi connectivity index (χ1v) is 3.77. The maximum atomic E-state index is 9.53. The summed E-state index contributed by atoms with van der Waals surface area (Å²) in [6.07, 6.45) is -4.28. The number of hydrogen-bond acceptors (Lipinski definition) is 7. The third-order valence-electron chi connectivity index (χ3n) is 1.87. The van der Waals surface area contributed by atoms with Crippen LogP contribution in [-0.4, -0.2) is 52.9 Å². The van der Waals surface area contributed by atoms with Gasteiger partial charge in [0.2, 0.25) is 0 Å². The molecular formula is C6H11NO6. The molecule has 76 valence electrons. The molecule has 0 aromatic rings. The zero-order chi connectivity index (χ0) is 9.84. The Kier molecular flexibility index (Phi) is 3.55. The molecule has 4 unspecified atom stereocenters. The van der Waals surface area contributed by atoms with Crippen LogP contribution in [0.25, 0.3) is 0 Å². The van der Waals surface area contributed by atoms with Gasteiger partial charge in [-0.15, -0.1) is 4.91 Å². The lowest BCUT2D eigenvalue weighted by molar-refractivity contribution is -0.0812. The molecule has 0 spiro atoms. The molecule has 0 saturated carbocycles. The van der Waals surface area contributed by atoms with Crippen LogP contribution in [0.2, 0.25) is 0 Å². The van der Waals surface area contributed by atoms with Crippen LogP contribution in [0.1, 0.15) is 0 Å². The van der Waals surface area contributed by atoms with Gasteiger partial charge in [-0.25, -0.2) is 0 Å². The molecule has 3 N–H and O–H groups in total. The smallest absolute Gasteiger partial charge is 0.155 e. The third kappa shape index (κ3) is 2.34. The minimum absolute atomic E-state index is 0.0442. The molecule has 1 aliphatic heterocycles. The largest absolute Gasteiger partial charge is 0.388 e.